The van der Waals surface area contributed by atoms with E-state index >= 15 is 0 Å². The molecule has 0 fully saturated rings. The van der Waals surface area contributed by atoms with Gasteiger partial charge in [0.15, 0.2) is 9.99 Å². The first kappa shape index (κ1) is 21.5. The van der Waals surface area contributed by atoms with E-state index in [9.17, 15) is 14.4 Å². The summed E-state index contributed by atoms with van der Waals surface area (Å²) in [6.45, 7) is 1.71. The second-order valence-electron chi connectivity index (χ2n) is 6.44. The van der Waals surface area contributed by atoms with Gasteiger partial charge in [0, 0.05) is 4.47 Å². The molecule has 0 radical (unpaired) electrons. The zero-order chi connectivity index (χ0) is 22.0. The number of carbonyl (C=O) groups is 1. The molecule has 2 heterocycles. The highest BCUT2D eigenvalue weighted by Crippen LogP contribution is 2.27. The first-order valence-electron chi connectivity index (χ1n) is 9.38. The average Bonchev–Trinajstić information content (AvgIpc) is 3.18. The Morgan fingerprint density at radius 3 is 2.55 bits per heavy atom. The Bertz CT molecular complexity index is 1380. The number of para-hydroxylation sites is 2. The predicted molar refractivity (Wildman–Crippen MR) is 129 cm³/mol. The van der Waals surface area contributed by atoms with Crippen molar-refractivity contribution < 1.29 is 4.79 Å². The molecule has 1 N–H and O–H groups in total. The number of hydrogen-bond donors (Lipinski definition) is 1. The molecule has 4 aromatic rings. The van der Waals surface area contributed by atoms with Gasteiger partial charge in [0.05, 0.1) is 11.4 Å². The highest BCUT2D eigenvalue weighted by molar-refractivity contribution is 9.10. The molecule has 0 bridgehead atoms. The summed E-state index contributed by atoms with van der Waals surface area (Å²) in [5, 5.41) is 2.79. The van der Waals surface area contributed by atoms with E-state index in [-0.39, 0.29) is 12.2 Å². The number of nitrogens with zero attached hydrogens (tertiary/aromatic N) is 3. The van der Waals surface area contributed by atoms with Crippen LogP contribution in [0, 0.1) is 0 Å². The van der Waals surface area contributed by atoms with E-state index in [1.54, 1.807) is 42.5 Å². The number of rotatable bonds is 6. The third-order valence-electron chi connectivity index (χ3n) is 4.40. The summed E-state index contributed by atoms with van der Waals surface area (Å²) in [5.74, 6) is 0.380. The lowest BCUT2D eigenvalue weighted by Crippen LogP contribution is -2.40. The fourth-order valence-electron chi connectivity index (χ4n) is 3.04. The summed E-state index contributed by atoms with van der Waals surface area (Å²) in [6, 6.07) is 15.9. The molecule has 0 aliphatic rings. The summed E-state index contributed by atoms with van der Waals surface area (Å²) < 4.78 is 4.09. The lowest BCUT2D eigenvalue weighted by Gasteiger charge is -2.12. The number of benzene rings is 2. The number of amides is 1. The molecule has 10 heteroatoms. The number of halogens is 1. The molecule has 2 aromatic carbocycles. The van der Waals surface area contributed by atoms with E-state index in [1.165, 1.54) is 27.7 Å². The fraction of sp³-hybridized carbons (Fsp3) is 0.143. The Kier molecular flexibility index (Phi) is 6.40. The Morgan fingerprint density at radius 1 is 1.13 bits per heavy atom. The van der Waals surface area contributed by atoms with Crippen LogP contribution in [0.4, 0.5) is 5.69 Å². The number of nitrogens with one attached hydrogen (secondary N) is 1. The van der Waals surface area contributed by atoms with Crippen LogP contribution in [-0.4, -0.2) is 25.8 Å². The molecule has 2 aromatic heterocycles. The molecule has 0 spiro atoms. The number of thiazole rings is 1. The van der Waals surface area contributed by atoms with E-state index < -0.39 is 17.2 Å². The van der Waals surface area contributed by atoms with Crippen molar-refractivity contribution in [3.05, 3.63) is 79.9 Å². The third kappa shape index (κ3) is 4.36. The predicted octanol–water partition coefficient (Wildman–Crippen LogP) is 4.12. The van der Waals surface area contributed by atoms with Crippen molar-refractivity contribution in [2.45, 2.75) is 17.8 Å². The Hall–Kier alpha value is -2.69. The number of hydrogen-bond acceptors (Lipinski definition) is 6. The SMILES string of the molecule is CCSc1nc2c(s1)c(=O)n(-c1ccccc1)c(=O)n2CC(=O)Nc1ccccc1Br. The smallest absolute Gasteiger partial charge is 0.324 e. The van der Waals surface area contributed by atoms with Crippen LogP contribution >= 0.6 is 39.0 Å². The van der Waals surface area contributed by atoms with Gasteiger partial charge in [-0.25, -0.2) is 14.3 Å². The van der Waals surface area contributed by atoms with Crippen molar-refractivity contribution in [3.8, 4) is 5.69 Å². The first-order valence-corrected chi connectivity index (χ1v) is 12.0. The van der Waals surface area contributed by atoms with E-state index in [2.05, 4.69) is 26.2 Å². The van der Waals surface area contributed by atoms with Crippen LogP contribution < -0.4 is 16.6 Å². The van der Waals surface area contributed by atoms with Gasteiger partial charge in [-0.15, -0.1) is 11.3 Å². The molecule has 0 unspecified atom stereocenters. The number of thioether (sulfide) groups is 1. The van der Waals surface area contributed by atoms with Gasteiger partial charge in [0.25, 0.3) is 5.56 Å². The minimum atomic E-state index is -0.607. The summed E-state index contributed by atoms with van der Waals surface area (Å²) in [5.41, 5.74) is 0.218. The highest BCUT2D eigenvalue weighted by atomic mass is 79.9. The minimum Gasteiger partial charge on any atom is -0.324 e. The van der Waals surface area contributed by atoms with Gasteiger partial charge in [0.2, 0.25) is 5.91 Å². The maximum Gasteiger partial charge on any atom is 0.337 e. The number of aromatic nitrogens is 3. The minimum absolute atomic E-state index is 0.227. The van der Waals surface area contributed by atoms with Gasteiger partial charge in [-0.3, -0.25) is 14.2 Å². The third-order valence-corrected chi connectivity index (χ3v) is 7.15. The van der Waals surface area contributed by atoms with Crippen LogP contribution in [0.1, 0.15) is 6.92 Å². The maximum absolute atomic E-state index is 13.3. The quantitative estimate of drug-likeness (QED) is 0.389. The molecule has 0 aliphatic carbocycles. The van der Waals surface area contributed by atoms with Gasteiger partial charge < -0.3 is 5.32 Å². The lowest BCUT2D eigenvalue weighted by molar-refractivity contribution is -0.116. The molecule has 158 valence electrons. The zero-order valence-corrected chi connectivity index (χ0v) is 19.6. The van der Waals surface area contributed by atoms with E-state index in [0.717, 1.165) is 14.8 Å². The van der Waals surface area contributed by atoms with Crippen molar-refractivity contribution in [1.82, 2.24) is 14.1 Å². The molecule has 0 aliphatic heterocycles. The molecule has 31 heavy (non-hydrogen) atoms. The molecule has 7 nitrogen and oxygen atoms in total. The number of carbonyl (C=O) groups excluding carboxylic acids is 1. The maximum atomic E-state index is 13.3. The van der Waals surface area contributed by atoms with Crippen molar-refractivity contribution in [2.75, 3.05) is 11.1 Å². The second kappa shape index (κ2) is 9.21. The standard InChI is InChI=1S/C21H17BrN4O3S2/c1-2-30-20-24-18-17(31-20)19(28)26(13-8-4-3-5-9-13)21(29)25(18)12-16(27)23-15-11-7-6-10-14(15)22/h3-11H,2,12H2,1H3,(H,23,27). The Labute approximate surface area is 193 Å². The number of anilines is 1. The molecule has 0 atom stereocenters. The van der Waals surface area contributed by atoms with Crippen LogP contribution in [-0.2, 0) is 11.3 Å². The molecule has 1 amide bonds. The average molecular weight is 517 g/mol. The second-order valence-corrected chi connectivity index (χ2v) is 9.80. The van der Waals surface area contributed by atoms with Crippen molar-refractivity contribution in [1.29, 1.82) is 0 Å². The van der Waals surface area contributed by atoms with E-state index in [4.69, 9.17) is 0 Å². The number of fused-ring (bicyclic) bond motifs is 1. The van der Waals surface area contributed by atoms with E-state index in [1.807, 2.05) is 19.1 Å². The first-order chi connectivity index (χ1) is 15.0. The van der Waals surface area contributed by atoms with Gasteiger partial charge in [-0.05, 0) is 45.9 Å². The molecule has 4 rings (SSSR count). The van der Waals surface area contributed by atoms with Crippen molar-refractivity contribution >= 4 is 61.0 Å². The zero-order valence-electron chi connectivity index (χ0n) is 16.4. The van der Waals surface area contributed by atoms with E-state index in [0.29, 0.717) is 20.4 Å². The van der Waals surface area contributed by atoms with Crippen LogP contribution in [0.3, 0.4) is 0 Å². The normalized spacial score (nSPS) is 11.0. The fourth-order valence-corrected chi connectivity index (χ4v) is 5.40. The summed E-state index contributed by atoms with van der Waals surface area (Å²) in [7, 11) is 0. The van der Waals surface area contributed by atoms with Crippen molar-refractivity contribution in [2.24, 2.45) is 0 Å². The molecular weight excluding hydrogens is 500 g/mol. The Balaban J connectivity index is 1.85. The summed E-state index contributed by atoms with van der Waals surface area (Å²) in [4.78, 5) is 43.7. The molecule has 0 saturated carbocycles. The van der Waals surface area contributed by atoms with Crippen molar-refractivity contribution in [3.63, 3.8) is 0 Å². The molecular formula is C21H17BrN4O3S2. The van der Waals surface area contributed by atoms with Crippen LogP contribution in [0.25, 0.3) is 16.0 Å². The topological polar surface area (TPSA) is 86.0 Å². The van der Waals surface area contributed by atoms with Crippen LogP contribution in [0.5, 0.6) is 0 Å². The van der Waals surface area contributed by atoms with Gasteiger partial charge in [0.1, 0.15) is 11.2 Å². The Morgan fingerprint density at radius 2 is 1.84 bits per heavy atom. The van der Waals surface area contributed by atoms with Crippen LogP contribution in [0.2, 0.25) is 0 Å². The van der Waals surface area contributed by atoms with Gasteiger partial charge in [-0.2, -0.15) is 0 Å². The molecule has 0 saturated heterocycles. The highest BCUT2D eigenvalue weighted by Gasteiger charge is 2.20. The summed E-state index contributed by atoms with van der Waals surface area (Å²) in [6.07, 6.45) is 0. The summed E-state index contributed by atoms with van der Waals surface area (Å²) >= 11 is 6.11. The monoisotopic (exact) mass is 516 g/mol. The largest absolute Gasteiger partial charge is 0.337 e. The lowest BCUT2D eigenvalue weighted by atomic mass is 10.3. The van der Waals surface area contributed by atoms with Gasteiger partial charge >= 0.3 is 5.69 Å². The van der Waals surface area contributed by atoms with Gasteiger partial charge in [-0.1, -0.05) is 49.0 Å². The van der Waals surface area contributed by atoms with Crippen LogP contribution in [0.15, 0.2) is 73.0 Å².